The van der Waals surface area contributed by atoms with E-state index in [2.05, 4.69) is 17.1 Å². The van der Waals surface area contributed by atoms with E-state index in [9.17, 15) is 14.8 Å². The second-order valence-corrected chi connectivity index (χ2v) is 6.41. The molecular formula is C20H23N3O3. The number of amides is 2. The van der Waals surface area contributed by atoms with Gasteiger partial charge in [-0.1, -0.05) is 37.3 Å². The van der Waals surface area contributed by atoms with Crippen molar-refractivity contribution in [2.24, 2.45) is 0 Å². The summed E-state index contributed by atoms with van der Waals surface area (Å²) in [5.41, 5.74) is 6.49. The molecule has 26 heavy (non-hydrogen) atoms. The summed E-state index contributed by atoms with van der Waals surface area (Å²) in [5.74, 6) is -0.886. The Bertz CT molecular complexity index is 834. The van der Waals surface area contributed by atoms with E-state index in [1.807, 2.05) is 30.3 Å². The molecule has 0 fully saturated rings. The molecule has 3 rings (SSSR count). The third-order valence-electron chi connectivity index (χ3n) is 4.79. The first-order valence-electron chi connectivity index (χ1n) is 8.73. The van der Waals surface area contributed by atoms with E-state index in [4.69, 9.17) is 0 Å². The first-order chi connectivity index (χ1) is 12.5. The maximum Gasteiger partial charge on any atom is 0.276 e. The molecule has 2 aromatic carbocycles. The van der Waals surface area contributed by atoms with E-state index in [1.165, 1.54) is 6.92 Å². The van der Waals surface area contributed by atoms with Crippen LogP contribution in [0, 0.1) is 0 Å². The average Bonchev–Trinajstić information content (AvgIpc) is 2.67. The number of hydrogen-bond acceptors (Lipinski definition) is 4. The van der Waals surface area contributed by atoms with Gasteiger partial charge < -0.3 is 5.32 Å². The predicted molar refractivity (Wildman–Crippen MR) is 100 cm³/mol. The summed E-state index contributed by atoms with van der Waals surface area (Å²) >= 11 is 0. The molecule has 2 aromatic rings. The summed E-state index contributed by atoms with van der Waals surface area (Å²) in [6.07, 6.45) is 0.834. The molecule has 0 unspecified atom stereocenters. The van der Waals surface area contributed by atoms with Gasteiger partial charge in [-0.25, -0.2) is 5.48 Å². The minimum atomic E-state index is -0.637. The molecule has 0 atom stereocenters. The summed E-state index contributed by atoms with van der Waals surface area (Å²) in [6, 6.07) is 11.6. The number of benzene rings is 2. The van der Waals surface area contributed by atoms with Gasteiger partial charge in [0.2, 0.25) is 5.91 Å². The fraction of sp³-hybridized carbons (Fsp3) is 0.300. The normalized spacial score (nSPS) is 13.8. The molecule has 2 amide bonds. The maximum atomic E-state index is 12.3. The second-order valence-electron chi connectivity index (χ2n) is 6.41. The van der Waals surface area contributed by atoms with Crippen LogP contribution in [-0.4, -0.2) is 35.0 Å². The smallest absolute Gasteiger partial charge is 0.276 e. The molecule has 0 aromatic heterocycles. The second kappa shape index (κ2) is 7.68. The zero-order valence-electron chi connectivity index (χ0n) is 15.0. The molecule has 136 valence electrons. The summed E-state index contributed by atoms with van der Waals surface area (Å²) in [4.78, 5) is 26.3. The lowest BCUT2D eigenvalue weighted by molar-refractivity contribution is -0.114. The van der Waals surface area contributed by atoms with Gasteiger partial charge in [0.1, 0.15) is 0 Å². The Kier molecular flexibility index (Phi) is 5.35. The van der Waals surface area contributed by atoms with E-state index in [0.29, 0.717) is 12.2 Å². The highest BCUT2D eigenvalue weighted by Gasteiger charge is 2.27. The molecule has 6 nitrogen and oxygen atoms in total. The highest BCUT2D eigenvalue weighted by Crippen LogP contribution is 2.37. The van der Waals surface area contributed by atoms with Crippen molar-refractivity contribution in [2.45, 2.75) is 26.8 Å². The third-order valence-corrected chi connectivity index (χ3v) is 4.79. The van der Waals surface area contributed by atoms with Gasteiger partial charge in [0.15, 0.2) is 0 Å². The number of carbonyl (C=O) groups is 2. The highest BCUT2D eigenvalue weighted by molar-refractivity contribution is 6.05. The van der Waals surface area contributed by atoms with E-state index < -0.39 is 5.91 Å². The topological polar surface area (TPSA) is 81.7 Å². The van der Waals surface area contributed by atoms with Crippen LogP contribution < -0.4 is 10.8 Å². The van der Waals surface area contributed by atoms with Gasteiger partial charge in [-0.3, -0.25) is 19.7 Å². The number of anilines is 1. The lowest BCUT2D eigenvalue weighted by Crippen LogP contribution is -2.33. The Hall–Kier alpha value is -2.70. The largest absolute Gasteiger partial charge is 0.325 e. The SMILES string of the molecule is CCN1CCc2c(-c3ccccc3)cc(C(=O)NO)c(NC(C)=O)c2C1. The van der Waals surface area contributed by atoms with Crippen LogP contribution in [0.3, 0.4) is 0 Å². The molecular weight excluding hydrogens is 330 g/mol. The van der Waals surface area contributed by atoms with Gasteiger partial charge in [0.25, 0.3) is 5.91 Å². The van der Waals surface area contributed by atoms with Crippen LogP contribution in [0.25, 0.3) is 11.1 Å². The molecule has 3 N–H and O–H groups in total. The summed E-state index contributed by atoms with van der Waals surface area (Å²) < 4.78 is 0. The monoisotopic (exact) mass is 353 g/mol. The Morgan fingerprint density at radius 3 is 2.54 bits per heavy atom. The first-order valence-corrected chi connectivity index (χ1v) is 8.73. The molecule has 0 radical (unpaired) electrons. The molecule has 0 bridgehead atoms. The van der Waals surface area contributed by atoms with Crippen LogP contribution in [0.2, 0.25) is 0 Å². The molecule has 1 aliphatic heterocycles. The van der Waals surface area contributed by atoms with Gasteiger partial charge in [0, 0.05) is 20.0 Å². The van der Waals surface area contributed by atoms with Crippen molar-refractivity contribution in [2.75, 3.05) is 18.4 Å². The van der Waals surface area contributed by atoms with Gasteiger partial charge in [0.05, 0.1) is 11.3 Å². The minimum Gasteiger partial charge on any atom is -0.325 e. The van der Waals surface area contributed by atoms with Crippen molar-refractivity contribution in [3.63, 3.8) is 0 Å². The summed E-state index contributed by atoms with van der Waals surface area (Å²) in [6.45, 7) is 5.96. The van der Waals surface area contributed by atoms with E-state index in [0.717, 1.165) is 41.8 Å². The van der Waals surface area contributed by atoms with Crippen molar-refractivity contribution >= 4 is 17.5 Å². The lowest BCUT2D eigenvalue weighted by Gasteiger charge is -2.32. The number of fused-ring (bicyclic) bond motifs is 1. The molecule has 0 saturated heterocycles. The molecule has 0 aliphatic carbocycles. The Balaban J connectivity index is 2.27. The zero-order valence-corrected chi connectivity index (χ0v) is 15.0. The van der Waals surface area contributed by atoms with Crippen LogP contribution in [-0.2, 0) is 17.8 Å². The number of likely N-dealkylation sites (N-methyl/N-ethyl adjacent to an activating group) is 1. The number of carbonyl (C=O) groups excluding carboxylic acids is 2. The van der Waals surface area contributed by atoms with Crippen LogP contribution in [0.5, 0.6) is 0 Å². The van der Waals surface area contributed by atoms with Crippen molar-refractivity contribution in [3.05, 3.63) is 53.1 Å². The number of nitrogens with one attached hydrogen (secondary N) is 2. The van der Waals surface area contributed by atoms with Crippen molar-refractivity contribution in [1.82, 2.24) is 10.4 Å². The molecule has 0 saturated carbocycles. The van der Waals surface area contributed by atoms with Gasteiger partial charge in [-0.15, -0.1) is 0 Å². The fourth-order valence-electron chi connectivity index (χ4n) is 3.52. The van der Waals surface area contributed by atoms with Crippen molar-refractivity contribution in [3.8, 4) is 11.1 Å². The predicted octanol–water partition coefficient (Wildman–Crippen LogP) is 2.81. The summed E-state index contributed by atoms with van der Waals surface area (Å²) in [7, 11) is 0. The highest BCUT2D eigenvalue weighted by atomic mass is 16.5. The van der Waals surface area contributed by atoms with Crippen molar-refractivity contribution < 1.29 is 14.8 Å². The van der Waals surface area contributed by atoms with Crippen LogP contribution in [0.4, 0.5) is 5.69 Å². The number of nitrogens with zero attached hydrogens (tertiary/aromatic N) is 1. The molecule has 1 heterocycles. The third kappa shape index (κ3) is 3.47. The quantitative estimate of drug-likeness (QED) is 0.583. The molecule has 0 spiro atoms. The van der Waals surface area contributed by atoms with E-state index in [-0.39, 0.29) is 11.5 Å². The van der Waals surface area contributed by atoms with Gasteiger partial charge in [-0.2, -0.15) is 0 Å². The van der Waals surface area contributed by atoms with E-state index >= 15 is 0 Å². The number of rotatable bonds is 4. The Morgan fingerprint density at radius 1 is 1.19 bits per heavy atom. The molecule has 6 heteroatoms. The molecule has 1 aliphatic rings. The van der Waals surface area contributed by atoms with Crippen LogP contribution in [0.1, 0.15) is 35.3 Å². The summed E-state index contributed by atoms with van der Waals surface area (Å²) in [5, 5.41) is 12.0. The zero-order chi connectivity index (χ0) is 18.7. The van der Waals surface area contributed by atoms with E-state index in [1.54, 1.807) is 11.5 Å². The Labute approximate surface area is 152 Å². The Morgan fingerprint density at radius 2 is 1.92 bits per heavy atom. The van der Waals surface area contributed by atoms with Gasteiger partial charge in [-0.05, 0) is 41.3 Å². The standard InChI is InChI=1S/C20H23N3O3/c1-3-23-10-9-15-16(14-7-5-4-6-8-14)11-17(20(25)22-26)19(18(15)12-23)21-13(2)24/h4-8,11,26H,3,9-10,12H2,1-2H3,(H,21,24)(H,22,25). The lowest BCUT2D eigenvalue weighted by atomic mass is 9.86. The first kappa shape index (κ1) is 18.1. The minimum absolute atomic E-state index is 0.250. The number of hydrogen-bond donors (Lipinski definition) is 3. The van der Waals surface area contributed by atoms with Crippen LogP contribution >= 0.6 is 0 Å². The van der Waals surface area contributed by atoms with Crippen molar-refractivity contribution in [1.29, 1.82) is 0 Å². The fourth-order valence-corrected chi connectivity index (χ4v) is 3.52. The maximum absolute atomic E-state index is 12.3. The number of hydroxylamine groups is 1. The van der Waals surface area contributed by atoms with Gasteiger partial charge >= 0.3 is 0 Å². The van der Waals surface area contributed by atoms with Crippen LogP contribution in [0.15, 0.2) is 36.4 Å². The average molecular weight is 353 g/mol.